The van der Waals surface area contributed by atoms with Crippen molar-refractivity contribution in [2.24, 2.45) is 5.92 Å². The third-order valence-corrected chi connectivity index (χ3v) is 5.09. The van der Waals surface area contributed by atoms with Crippen molar-refractivity contribution in [1.29, 1.82) is 0 Å². The maximum atomic E-state index is 4.25. The highest BCUT2D eigenvalue weighted by Gasteiger charge is 2.02. The van der Waals surface area contributed by atoms with Crippen molar-refractivity contribution in [2.45, 2.75) is 96.3 Å². The third kappa shape index (κ3) is 12.4. The van der Waals surface area contributed by atoms with Crippen molar-refractivity contribution in [3.63, 3.8) is 0 Å². The molecule has 0 atom stereocenters. The Labute approximate surface area is 145 Å². The van der Waals surface area contributed by atoms with Gasteiger partial charge in [0.15, 0.2) is 0 Å². The second-order valence-corrected chi connectivity index (χ2v) is 7.34. The standard InChI is InChI=1S/C21H38S/c22-20-16-12-10-8-6-4-2-1-3-5-7-9-11-13-17-21-18-14-15-19-21/h14-15,18-19,21-22H,1-13,16-17,20H2. The van der Waals surface area contributed by atoms with Crippen molar-refractivity contribution in [2.75, 3.05) is 5.75 Å². The number of rotatable bonds is 16. The number of allylic oxidation sites excluding steroid dienone is 4. The lowest BCUT2D eigenvalue weighted by atomic mass is 10.0. The smallest absolute Gasteiger partial charge is 0.00473 e. The molecule has 1 aliphatic rings. The number of hydrogen-bond acceptors (Lipinski definition) is 1. The molecule has 0 aromatic heterocycles. The van der Waals surface area contributed by atoms with Crippen molar-refractivity contribution in [1.82, 2.24) is 0 Å². The van der Waals surface area contributed by atoms with Gasteiger partial charge in [-0.1, -0.05) is 108 Å². The zero-order chi connectivity index (χ0) is 15.7. The van der Waals surface area contributed by atoms with Crippen LogP contribution in [0.4, 0.5) is 0 Å². The molecule has 0 bridgehead atoms. The minimum atomic E-state index is 0.748. The summed E-state index contributed by atoms with van der Waals surface area (Å²) < 4.78 is 0. The molecule has 0 saturated heterocycles. The first-order chi connectivity index (χ1) is 10.9. The first-order valence-corrected chi connectivity index (χ1v) is 10.5. The lowest BCUT2D eigenvalue weighted by Gasteiger charge is -2.05. The van der Waals surface area contributed by atoms with E-state index in [0.717, 1.165) is 11.7 Å². The van der Waals surface area contributed by atoms with Gasteiger partial charge >= 0.3 is 0 Å². The molecular formula is C21H38S. The van der Waals surface area contributed by atoms with E-state index in [9.17, 15) is 0 Å². The SMILES string of the molecule is SCCCCCCCCCCCCCCCCC1C=CC=C1. The summed E-state index contributed by atoms with van der Waals surface area (Å²) in [6.07, 6.45) is 30.5. The number of thiol groups is 1. The molecule has 0 amide bonds. The fraction of sp³-hybridized carbons (Fsp3) is 0.810. The summed E-state index contributed by atoms with van der Waals surface area (Å²) in [6.45, 7) is 0. The minimum Gasteiger partial charge on any atom is -0.179 e. The normalized spacial score (nSPS) is 14.2. The van der Waals surface area contributed by atoms with Gasteiger partial charge < -0.3 is 0 Å². The van der Waals surface area contributed by atoms with E-state index < -0.39 is 0 Å². The summed E-state index contributed by atoms with van der Waals surface area (Å²) >= 11 is 4.25. The topological polar surface area (TPSA) is 0 Å². The molecule has 0 radical (unpaired) electrons. The summed E-state index contributed by atoms with van der Waals surface area (Å²) in [4.78, 5) is 0. The van der Waals surface area contributed by atoms with Gasteiger partial charge in [0.2, 0.25) is 0 Å². The second kappa shape index (κ2) is 15.7. The Bertz CT molecular complexity index is 268. The van der Waals surface area contributed by atoms with E-state index in [-0.39, 0.29) is 0 Å². The Morgan fingerprint density at radius 3 is 1.27 bits per heavy atom. The van der Waals surface area contributed by atoms with Crippen LogP contribution >= 0.6 is 12.6 Å². The zero-order valence-electron chi connectivity index (χ0n) is 14.6. The molecule has 0 saturated carbocycles. The van der Waals surface area contributed by atoms with E-state index in [2.05, 4.69) is 36.9 Å². The summed E-state index contributed by atoms with van der Waals surface area (Å²) in [6, 6.07) is 0. The van der Waals surface area contributed by atoms with Crippen LogP contribution in [0.15, 0.2) is 24.3 Å². The molecule has 0 aromatic carbocycles. The van der Waals surface area contributed by atoms with Crippen LogP contribution in [0.2, 0.25) is 0 Å². The molecule has 0 aliphatic heterocycles. The molecule has 1 rings (SSSR count). The molecule has 0 fully saturated rings. The Morgan fingerprint density at radius 1 is 0.500 bits per heavy atom. The van der Waals surface area contributed by atoms with Crippen LogP contribution in [0, 0.1) is 5.92 Å². The number of hydrogen-bond donors (Lipinski definition) is 1. The maximum absolute atomic E-state index is 4.25. The summed E-state index contributed by atoms with van der Waals surface area (Å²) in [5.41, 5.74) is 0. The van der Waals surface area contributed by atoms with Gasteiger partial charge in [0.05, 0.1) is 0 Å². The fourth-order valence-corrected chi connectivity index (χ4v) is 3.51. The van der Waals surface area contributed by atoms with E-state index in [1.165, 1.54) is 96.3 Å². The molecule has 128 valence electrons. The maximum Gasteiger partial charge on any atom is -0.00473 e. The molecule has 1 aliphatic carbocycles. The lowest BCUT2D eigenvalue weighted by molar-refractivity contribution is 0.527. The zero-order valence-corrected chi connectivity index (χ0v) is 15.5. The van der Waals surface area contributed by atoms with Gasteiger partial charge in [0, 0.05) is 0 Å². The molecule has 0 unspecified atom stereocenters. The van der Waals surface area contributed by atoms with Gasteiger partial charge in [-0.2, -0.15) is 12.6 Å². The molecule has 0 aromatic rings. The predicted octanol–water partition coefficient (Wildman–Crippen LogP) is 7.51. The molecule has 22 heavy (non-hydrogen) atoms. The molecule has 0 nitrogen and oxygen atoms in total. The van der Waals surface area contributed by atoms with Gasteiger partial charge in [-0.25, -0.2) is 0 Å². The van der Waals surface area contributed by atoms with Crippen LogP contribution in [0.1, 0.15) is 96.3 Å². The Hall–Kier alpha value is -0.170. The van der Waals surface area contributed by atoms with E-state index in [1.54, 1.807) is 0 Å². The quantitative estimate of drug-likeness (QED) is 0.220. The number of unbranched alkanes of at least 4 members (excludes halogenated alkanes) is 13. The Kier molecular flexibility index (Phi) is 14.2. The Balaban J connectivity index is 1.66. The average Bonchev–Trinajstić information content (AvgIpc) is 3.04. The van der Waals surface area contributed by atoms with E-state index >= 15 is 0 Å². The first kappa shape index (κ1) is 19.9. The average molecular weight is 323 g/mol. The van der Waals surface area contributed by atoms with Crippen molar-refractivity contribution in [3.05, 3.63) is 24.3 Å². The molecule has 1 heteroatoms. The molecular weight excluding hydrogens is 284 g/mol. The highest BCUT2D eigenvalue weighted by molar-refractivity contribution is 7.80. The van der Waals surface area contributed by atoms with Crippen molar-refractivity contribution >= 4 is 12.6 Å². The summed E-state index contributed by atoms with van der Waals surface area (Å²) in [5, 5.41) is 0. The van der Waals surface area contributed by atoms with Crippen molar-refractivity contribution in [3.8, 4) is 0 Å². The summed E-state index contributed by atoms with van der Waals surface area (Å²) in [7, 11) is 0. The van der Waals surface area contributed by atoms with Gasteiger partial charge in [0.25, 0.3) is 0 Å². The van der Waals surface area contributed by atoms with Crippen LogP contribution in [0.5, 0.6) is 0 Å². The monoisotopic (exact) mass is 322 g/mol. The van der Waals surface area contributed by atoms with Crippen LogP contribution in [0.3, 0.4) is 0 Å². The highest BCUT2D eigenvalue weighted by Crippen LogP contribution is 2.18. The van der Waals surface area contributed by atoms with Gasteiger partial charge in [0.1, 0.15) is 0 Å². The third-order valence-electron chi connectivity index (χ3n) is 4.77. The minimum absolute atomic E-state index is 0.748. The van der Waals surface area contributed by atoms with Gasteiger partial charge in [-0.05, 0) is 24.5 Å². The lowest BCUT2D eigenvalue weighted by Crippen LogP contribution is -1.89. The molecule has 0 spiro atoms. The first-order valence-electron chi connectivity index (χ1n) is 9.89. The van der Waals surface area contributed by atoms with Crippen LogP contribution in [0.25, 0.3) is 0 Å². The van der Waals surface area contributed by atoms with E-state index in [1.807, 2.05) is 0 Å². The van der Waals surface area contributed by atoms with Gasteiger partial charge in [-0.15, -0.1) is 0 Å². The Morgan fingerprint density at radius 2 is 0.864 bits per heavy atom. The predicted molar refractivity (Wildman–Crippen MR) is 105 cm³/mol. The highest BCUT2D eigenvalue weighted by atomic mass is 32.1. The van der Waals surface area contributed by atoms with Crippen LogP contribution in [-0.2, 0) is 0 Å². The van der Waals surface area contributed by atoms with Gasteiger partial charge in [-0.3, -0.25) is 0 Å². The largest absolute Gasteiger partial charge is 0.179 e. The van der Waals surface area contributed by atoms with Crippen LogP contribution in [-0.4, -0.2) is 5.75 Å². The van der Waals surface area contributed by atoms with E-state index in [4.69, 9.17) is 0 Å². The summed E-state index contributed by atoms with van der Waals surface area (Å²) in [5.74, 6) is 1.81. The molecule has 0 heterocycles. The fourth-order valence-electron chi connectivity index (χ4n) is 3.28. The van der Waals surface area contributed by atoms with Crippen LogP contribution < -0.4 is 0 Å². The second-order valence-electron chi connectivity index (χ2n) is 6.90. The van der Waals surface area contributed by atoms with E-state index in [0.29, 0.717) is 0 Å². The molecule has 0 N–H and O–H groups in total. The van der Waals surface area contributed by atoms with Crippen molar-refractivity contribution < 1.29 is 0 Å².